The Balaban J connectivity index is 1.71. The SMILES string of the molecule is CN(O)C(=S)SCc1n[nH]nc1-c1nc(-c2ccc(S(C)(=O)=O)cc2)c(C2CCCCC2)o1. The minimum Gasteiger partial charge on any atom is -0.439 e. The van der Waals surface area contributed by atoms with Crippen molar-refractivity contribution in [1.29, 1.82) is 0 Å². The second-order valence-corrected chi connectivity index (χ2v) is 11.7. The molecule has 0 atom stereocenters. The summed E-state index contributed by atoms with van der Waals surface area (Å²) in [7, 11) is -1.82. The van der Waals surface area contributed by atoms with Crippen LogP contribution in [-0.2, 0) is 15.6 Å². The molecule has 176 valence electrons. The number of nitrogens with one attached hydrogen (secondary N) is 1. The van der Waals surface area contributed by atoms with Crippen LogP contribution in [0, 0.1) is 0 Å². The smallest absolute Gasteiger partial charge is 0.249 e. The number of aromatic amines is 1. The van der Waals surface area contributed by atoms with Crippen LogP contribution in [0.15, 0.2) is 33.6 Å². The number of hydroxylamine groups is 2. The van der Waals surface area contributed by atoms with Crippen molar-refractivity contribution >= 4 is 38.1 Å². The average molecular weight is 508 g/mol. The molecule has 0 unspecified atom stereocenters. The molecule has 2 heterocycles. The van der Waals surface area contributed by atoms with Crippen LogP contribution >= 0.6 is 24.0 Å². The molecule has 3 aromatic rings. The summed E-state index contributed by atoms with van der Waals surface area (Å²) in [6, 6.07) is 6.71. The number of benzene rings is 1. The van der Waals surface area contributed by atoms with E-state index in [4.69, 9.17) is 21.6 Å². The lowest BCUT2D eigenvalue weighted by atomic mass is 9.86. The Labute approximate surface area is 201 Å². The Morgan fingerprint density at radius 1 is 1.21 bits per heavy atom. The fourth-order valence-corrected chi connectivity index (χ4v) is 5.35. The molecular weight excluding hydrogens is 482 g/mol. The van der Waals surface area contributed by atoms with Gasteiger partial charge in [-0.1, -0.05) is 55.4 Å². The lowest BCUT2D eigenvalue weighted by Crippen LogP contribution is -2.17. The summed E-state index contributed by atoms with van der Waals surface area (Å²) in [4.78, 5) is 5.03. The van der Waals surface area contributed by atoms with Crippen LogP contribution in [0.3, 0.4) is 0 Å². The molecule has 0 bridgehead atoms. The van der Waals surface area contributed by atoms with Gasteiger partial charge in [0, 0.05) is 30.5 Å². The molecule has 2 N–H and O–H groups in total. The first-order chi connectivity index (χ1) is 15.7. The lowest BCUT2D eigenvalue weighted by molar-refractivity contribution is 0.0205. The predicted molar refractivity (Wildman–Crippen MR) is 130 cm³/mol. The molecular formula is C21H25N5O4S3. The van der Waals surface area contributed by atoms with Crippen molar-refractivity contribution in [2.75, 3.05) is 13.3 Å². The van der Waals surface area contributed by atoms with Gasteiger partial charge in [0.25, 0.3) is 0 Å². The normalized spacial score (nSPS) is 15.0. The third kappa shape index (κ3) is 5.45. The zero-order chi connectivity index (χ0) is 23.6. The van der Waals surface area contributed by atoms with E-state index < -0.39 is 9.84 Å². The van der Waals surface area contributed by atoms with Gasteiger partial charge in [-0.3, -0.25) is 5.21 Å². The first-order valence-corrected chi connectivity index (χ1v) is 13.8. The third-order valence-electron chi connectivity index (χ3n) is 5.60. The van der Waals surface area contributed by atoms with Gasteiger partial charge in [0.05, 0.1) is 4.90 Å². The fraction of sp³-hybridized carbons (Fsp3) is 0.429. The molecule has 1 fully saturated rings. The molecule has 33 heavy (non-hydrogen) atoms. The molecule has 2 aromatic heterocycles. The number of hydrogen-bond donors (Lipinski definition) is 2. The summed E-state index contributed by atoms with van der Waals surface area (Å²) >= 11 is 6.37. The van der Waals surface area contributed by atoms with Gasteiger partial charge in [0.1, 0.15) is 17.1 Å². The number of H-pyrrole nitrogens is 1. The molecule has 0 spiro atoms. The summed E-state index contributed by atoms with van der Waals surface area (Å²) in [5, 5.41) is 21.4. The molecule has 4 rings (SSSR count). The first-order valence-electron chi connectivity index (χ1n) is 10.5. The van der Waals surface area contributed by atoms with E-state index in [2.05, 4.69) is 15.4 Å². The summed E-state index contributed by atoms with van der Waals surface area (Å²) in [5.74, 6) is 1.77. The summed E-state index contributed by atoms with van der Waals surface area (Å²) < 4.78 is 30.3. The largest absolute Gasteiger partial charge is 0.439 e. The maximum absolute atomic E-state index is 11.9. The number of oxazole rings is 1. The average Bonchev–Trinajstić information content (AvgIpc) is 3.44. The number of rotatable bonds is 6. The summed E-state index contributed by atoms with van der Waals surface area (Å²) in [6.45, 7) is 0. The van der Waals surface area contributed by atoms with Gasteiger partial charge in [0.2, 0.25) is 5.89 Å². The van der Waals surface area contributed by atoms with Crippen LogP contribution in [-0.4, -0.2) is 56.7 Å². The fourth-order valence-electron chi connectivity index (χ4n) is 3.89. The van der Waals surface area contributed by atoms with Crippen molar-refractivity contribution in [2.45, 2.75) is 48.7 Å². The van der Waals surface area contributed by atoms with Gasteiger partial charge in [0.15, 0.2) is 19.9 Å². The van der Waals surface area contributed by atoms with Crippen molar-refractivity contribution in [3.8, 4) is 22.8 Å². The number of sulfone groups is 1. The topological polar surface area (TPSA) is 125 Å². The van der Waals surface area contributed by atoms with E-state index in [1.54, 1.807) is 24.3 Å². The minimum atomic E-state index is -3.29. The number of hydrogen-bond acceptors (Lipinski definition) is 9. The highest BCUT2D eigenvalue weighted by molar-refractivity contribution is 8.22. The molecule has 9 nitrogen and oxygen atoms in total. The van der Waals surface area contributed by atoms with Gasteiger partial charge in [-0.2, -0.15) is 15.4 Å². The zero-order valence-corrected chi connectivity index (χ0v) is 20.8. The molecule has 1 aliphatic carbocycles. The van der Waals surface area contributed by atoms with Crippen LogP contribution in [0.5, 0.6) is 0 Å². The third-order valence-corrected chi connectivity index (χ3v) is 8.28. The maximum Gasteiger partial charge on any atom is 0.249 e. The molecule has 0 radical (unpaired) electrons. The van der Waals surface area contributed by atoms with Crippen LogP contribution in [0.25, 0.3) is 22.8 Å². The zero-order valence-electron chi connectivity index (χ0n) is 18.3. The van der Waals surface area contributed by atoms with Crippen LogP contribution in [0.4, 0.5) is 0 Å². The Hall–Kier alpha value is -2.28. The highest BCUT2D eigenvalue weighted by Gasteiger charge is 2.28. The van der Waals surface area contributed by atoms with Crippen LogP contribution in [0.1, 0.15) is 49.5 Å². The quantitative estimate of drug-likeness (QED) is 0.366. The van der Waals surface area contributed by atoms with E-state index in [0.717, 1.165) is 42.1 Å². The number of thiocarbonyl (C=S) groups is 1. The molecule has 1 saturated carbocycles. The highest BCUT2D eigenvalue weighted by Crippen LogP contribution is 2.40. The molecule has 0 amide bonds. The molecule has 0 saturated heterocycles. The van der Waals surface area contributed by atoms with E-state index >= 15 is 0 Å². The second-order valence-electron chi connectivity index (χ2n) is 8.06. The number of aromatic nitrogens is 4. The molecule has 1 aromatic carbocycles. The van der Waals surface area contributed by atoms with Crippen molar-refractivity contribution in [3.63, 3.8) is 0 Å². The van der Waals surface area contributed by atoms with Crippen molar-refractivity contribution < 1.29 is 18.0 Å². The van der Waals surface area contributed by atoms with E-state index in [0.29, 0.717) is 33.0 Å². The summed E-state index contributed by atoms with van der Waals surface area (Å²) in [6.07, 6.45) is 6.69. The van der Waals surface area contributed by atoms with Crippen molar-refractivity contribution in [3.05, 3.63) is 35.7 Å². The van der Waals surface area contributed by atoms with Crippen molar-refractivity contribution in [1.82, 2.24) is 25.5 Å². The van der Waals surface area contributed by atoms with E-state index in [1.165, 1.54) is 31.5 Å². The van der Waals surface area contributed by atoms with Gasteiger partial charge in [-0.25, -0.2) is 18.5 Å². The molecule has 1 aliphatic rings. The van der Waals surface area contributed by atoms with Gasteiger partial charge >= 0.3 is 0 Å². The van der Waals surface area contributed by atoms with E-state index in [1.807, 2.05) is 0 Å². The lowest BCUT2D eigenvalue weighted by Gasteiger charge is -2.20. The summed E-state index contributed by atoms with van der Waals surface area (Å²) in [5.41, 5.74) is 2.59. The van der Waals surface area contributed by atoms with Gasteiger partial charge in [-0.15, -0.1) is 0 Å². The van der Waals surface area contributed by atoms with E-state index in [-0.39, 0.29) is 10.8 Å². The van der Waals surface area contributed by atoms with E-state index in [9.17, 15) is 13.6 Å². The second kappa shape index (κ2) is 9.92. The van der Waals surface area contributed by atoms with Crippen molar-refractivity contribution in [2.24, 2.45) is 0 Å². The number of thioether (sulfide) groups is 1. The Morgan fingerprint density at radius 2 is 1.91 bits per heavy atom. The Morgan fingerprint density at radius 3 is 2.55 bits per heavy atom. The van der Waals surface area contributed by atoms with Gasteiger partial charge < -0.3 is 4.42 Å². The van der Waals surface area contributed by atoms with Crippen LogP contribution in [0.2, 0.25) is 0 Å². The first kappa shape index (κ1) is 23.9. The maximum atomic E-state index is 11.9. The minimum absolute atomic E-state index is 0.241. The Kier molecular flexibility index (Phi) is 7.17. The number of nitrogens with zero attached hydrogens (tertiary/aromatic N) is 4. The monoisotopic (exact) mass is 507 g/mol. The van der Waals surface area contributed by atoms with Crippen LogP contribution < -0.4 is 0 Å². The standard InChI is InChI=1S/C21H25N5O4S3/c1-26(27)21(31)32-12-16-18(24-25-23-16)20-22-17(19(30-20)14-6-4-3-5-7-14)13-8-10-15(11-9-13)33(2,28)29/h8-11,14,27H,3-7,12H2,1-2H3,(H,23,24,25). The van der Waals surface area contributed by atoms with Gasteiger partial charge in [-0.05, 0) is 25.0 Å². The predicted octanol–water partition coefficient (Wildman–Crippen LogP) is 4.42. The molecule has 0 aliphatic heterocycles. The Bertz CT molecular complexity index is 1230. The molecule has 12 heteroatoms. The highest BCUT2D eigenvalue weighted by atomic mass is 32.2.